The Balaban J connectivity index is 2.13. The first-order valence-corrected chi connectivity index (χ1v) is 6.06. The molecular weight excluding hydrogens is 210 g/mol. The first-order valence-electron chi connectivity index (χ1n) is 6.06. The second kappa shape index (κ2) is 4.00. The fourth-order valence-corrected chi connectivity index (χ4v) is 2.53. The Morgan fingerprint density at radius 3 is 3.12 bits per heavy atom. The van der Waals surface area contributed by atoms with Gasteiger partial charge in [-0.2, -0.15) is 0 Å². The molecule has 2 aromatic heterocycles. The molecule has 2 aromatic rings. The third-order valence-electron chi connectivity index (χ3n) is 3.35. The van der Waals surface area contributed by atoms with Gasteiger partial charge in [0.1, 0.15) is 5.65 Å². The molecule has 3 heterocycles. The van der Waals surface area contributed by atoms with Crippen molar-refractivity contribution in [3.8, 4) is 0 Å². The van der Waals surface area contributed by atoms with Crippen LogP contribution in [0.1, 0.15) is 17.7 Å². The highest BCUT2D eigenvalue weighted by Crippen LogP contribution is 2.27. The molecule has 88 valence electrons. The van der Waals surface area contributed by atoms with Gasteiger partial charge in [0.25, 0.3) is 0 Å². The third-order valence-corrected chi connectivity index (χ3v) is 3.35. The Morgan fingerprint density at radius 2 is 2.29 bits per heavy atom. The van der Waals surface area contributed by atoms with E-state index in [0.717, 1.165) is 25.2 Å². The van der Waals surface area contributed by atoms with E-state index in [0.29, 0.717) is 0 Å². The van der Waals surface area contributed by atoms with Crippen molar-refractivity contribution < 1.29 is 0 Å². The van der Waals surface area contributed by atoms with Gasteiger partial charge >= 0.3 is 0 Å². The van der Waals surface area contributed by atoms with Gasteiger partial charge in [-0.05, 0) is 43.7 Å². The molecular formula is C14H17N3. The summed E-state index contributed by atoms with van der Waals surface area (Å²) in [6.45, 7) is 4.26. The van der Waals surface area contributed by atoms with Gasteiger partial charge in [-0.15, -0.1) is 0 Å². The molecule has 3 nitrogen and oxygen atoms in total. The summed E-state index contributed by atoms with van der Waals surface area (Å²) in [5, 5.41) is 1.24. The minimum Gasteiger partial charge on any atom is -0.344 e. The number of hydrogen-bond donors (Lipinski definition) is 1. The molecule has 0 unspecified atom stereocenters. The van der Waals surface area contributed by atoms with Gasteiger partial charge in [0.05, 0.1) is 0 Å². The van der Waals surface area contributed by atoms with Crippen LogP contribution in [0.25, 0.3) is 16.6 Å². The lowest BCUT2D eigenvalue weighted by atomic mass is 10.00. The van der Waals surface area contributed by atoms with Crippen LogP contribution in [0.3, 0.4) is 0 Å². The van der Waals surface area contributed by atoms with Crippen molar-refractivity contribution in [1.82, 2.24) is 14.9 Å². The SMILES string of the molecule is Cc1cc2c(C3=CCCN(C)C3)ccnc2[nH]1. The maximum atomic E-state index is 4.38. The monoisotopic (exact) mass is 227 g/mol. The lowest BCUT2D eigenvalue weighted by Gasteiger charge is -2.23. The zero-order valence-corrected chi connectivity index (χ0v) is 10.3. The Kier molecular flexibility index (Phi) is 2.48. The fraction of sp³-hybridized carbons (Fsp3) is 0.357. The van der Waals surface area contributed by atoms with E-state index < -0.39 is 0 Å². The number of aryl methyl sites for hydroxylation is 1. The van der Waals surface area contributed by atoms with E-state index in [4.69, 9.17) is 0 Å². The molecule has 3 heteroatoms. The Labute approximate surface area is 101 Å². The van der Waals surface area contributed by atoms with Gasteiger partial charge in [-0.3, -0.25) is 0 Å². The highest BCUT2D eigenvalue weighted by Gasteiger charge is 2.13. The van der Waals surface area contributed by atoms with E-state index in [1.807, 2.05) is 6.20 Å². The molecule has 1 aliphatic heterocycles. The molecule has 1 N–H and O–H groups in total. The van der Waals surface area contributed by atoms with Crippen LogP contribution < -0.4 is 0 Å². The number of aromatic amines is 1. The molecule has 0 atom stereocenters. The maximum Gasteiger partial charge on any atom is 0.138 e. The van der Waals surface area contributed by atoms with Crippen LogP contribution in [-0.2, 0) is 0 Å². The zero-order valence-electron chi connectivity index (χ0n) is 10.3. The van der Waals surface area contributed by atoms with Gasteiger partial charge in [0.2, 0.25) is 0 Å². The van der Waals surface area contributed by atoms with Gasteiger partial charge < -0.3 is 9.88 Å². The van der Waals surface area contributed by atoms with Crippen molar-refractivity contribution in [2.45, 2.75) is 13.3 Å². The summed E-state index contributed by atoms with van der Waals surface area (Å²) >= 11 is 0. The average Bonchev–Trinajstić information content (AvgIpc) is 2.68. The molecule has 1 aliphatic rings. The minimum absolute atomic E-state index is 0.995. The fourth-order valence-electron chi connectivity index (χ4n) is 2.53. The van der Waals surface area contributed by atoms with E-state index >= 15 is 0 Å². The summed E-state index contributed by atoms with van der Waals surface area (Å²) in [5.41, 5.74) is 4.91. The number of fused-ring (bicyclic) bond motifs is 1. The summed E-state index contributed by atoms with van der Waals surface area (Å²) in [6, 6.07) is 4.31. The van der Waals surface area contributed by atoms with E-state index in [-0.39, 0.29) is 0 Å². The average molecular weight is 227 g/mol. The van der Waals surface area contributed by atoms with Crippen LogP contribution in [0.15, 0.2) is 24.4 Å². The Hall–Kier alpha value is -1.61. The smallest absolute Gasteiger partial charge is 0.138 e. The summed E-state index contributed by atoms with van der Waals surface area (Å²) in [4.78, 5) is 10.0. The van der Waals surface area contributed by atoms with E-state index in [1.165, 1.54) is 22.2 Å². The van der Waals surface area contributed by atoms with Crippen LogP contribution in [-0.4, -0.2) is 35.0 Å². The van der Waals surface area contributed by atoms with Crippen LogP contribution in [0.4, 0.5) is 0 Å². The second-order valence-electron chi connectivity index (χ2n) is 4.83. The summed E-state index contributed by atoms with van der Waals surface area (Å²) in [6.07, 6.45) is 5.39. The topological polar surface area (TPSA) is 31.9 Å². The van der Waals surface area contributed by atoms with E-state index in [2.05, 4.69) is 47.0 Å². The predicted molar refractivity (Wildman–Crippen MR) is 70.9 cm³/mol. The molecule has 17 heavy (non-hydrogen) atoms. The van der Waals surface area contributed by atoms with Crippen molar-refractivity contribution in [1.29, 1.82) is 0 Å². The number of aromatic nitrogens is 2. The summed E-state index contributed by atoms with van der Waals surface area (Å²) in [5.74, 6) is 0. The van der Waals surface area contributed by atoms with Crippen molar-refractivity contribution in [2.24, 2.45) is 0 Å². The Morgan fingerprint density at radius 1 is 1.41 bits per heavy atom. The molecule has 0 saturated carbocycles. The molecule has 0 aromatic carbocycles. The van der Waals surface area contributed by atoms with Gasteiger partial charge in [-0.25, -0.2) is 4.98 Å². The molecule has 0 fully saturated rings. The number of nitrogens with one attached hydrogen (secondary N) is 1. The molecule has 0 aliphatic carbocycles. The second-order valence-corrected chi connectivity index (χ2v) is 4.83. The minimum atomic E-state index is 0.995. The molecule has 0 spiro atoms. The molecule has 0 radical (unpaired) electrons. The van der Waals surface area contributed by atoms with E-state index in [1.54, 1.807) is 0 Å². The quantitative estimate of drug-likeness (QED) is 0.812. The van der Waals surface area contributed by atoms with Crippen LogP contribution in [0, 0.1) is 6.92 Å². The van der Waals surface area contributed by atoms with Crippen molar-refractivity contribution >= 4 is 16.6 Å². The summed E-state index contributed by atoms with van der Waals surface area (Å²) in [7, 11) is 2.17. The van der Waals surface area contributed by atoms with Gasteiger partial charge in [0, 0.05) is 30.4 Å². The normalized spacial score (nSPS) is 17.4. The number of rotatable bonds is 1. The maximum absolute atomic E-state index is 4.38. The molecule has 3 rings (SSSR count). The predicted octanol–water partition coefficient (Wildman–Crippen LogP) is 2.59. The van der Waals surface area contributed by atoms with Gasteiger partial charge in [0.15, 0.2) is 0 Å². The lowest BCUT2D eigenvalue weighted by Crippen LogP contribution is -2.24. The molecule has 0 amide bonds. The third kappa shape index (κ3) is 1.87. The Bertz CT molecular complexity index is 580. The lowest BCUT2D eigenvalue weighted by molar-refractivity contribution is 0.373. The van der Waals surface area contributed by atoms with E-state index in [9.17, 15) is 0 Å². The number of hydrogen-bond acceptors (Lipinski definition) is 2. The van der Waals surface area contributed by atoms with Crippen LogP contribution >= 0.6 is 0 Å². The molecule has 0 bridgehead atoms. The largest absolute Gasteiger partial charge is 0.344 e. The number of nitrogens with zero attached hydrogens (tertiary/aromatic N) is 2. The first-order chi connectivity index (χ1) is 8.24. The number of pyridine rings is 1. The zero-order chi connectivity index (χ0) is 11.8. The molecule has 0 saturated heterocycles. The number of H-pyrrole nitrogens is 1. The highest BCUT2D eigenvalue weighted by molar-refractivity contribution is 5.91. The number of likely N-dealkylation sites (N-methyl/N-ethyl adjacent to an activating group) is 1. The van der Waals surface area contributed by atoms with Crippen LogP contribution in [0.2, 0.25) is 0 Å². The summed E-state index contributed by atoms with van der Waals surface area (Å²) < 4.78 is 0. The standard InChI is InChI=1S/C14H17N3/c1-10-8-13-12(5-6-15-14(13)16-10)11-4-3-7-17(2)9-11/h4-6,8H,3,7,9H2,1-2H3,(H,15,16). The van der Waals surface area contributed by atoms with Crippen LogP contribution in [0.5, 0.6) is 0 Å². The highest BCUT2D eigenvalue weighted by atomic mass is 15.1. The van der Waals surface area contributed by atoms with Crippen molar-refractivity contribution in [3.63, 3.8) is 0 Å². The van der Waals surface area contributed by atoms with Gasteiger partial charge in [-0.1, -0.05) is 6.08 Å². The van der Waals surface area contributed by atoms with Crippen molar-refractivity contribution in [2.75, 3.05) is 20.1 Å². The first kappa shape index (κ1) is 10.5. The van der Waals surface area contributed by atoms with Crippen molar-refractivity contribution in [3.05, 3.63) is 35.7 Å².